The van der Waals surface area contributed by atoms with E-state index in [0.717, 1.165) is 17.7 Å². The second kappa shape index (κ2) is 7.06. The Bertz CT molecular complexity index is 861. The third kappa shape index (κ3) is 3.80. The van der Waals surface area contributed by atoms with E-state index in [9.17, 15) is 17.6 Å². The predicted octanol–water partition coefficient (Wildman–Crippen LogP) is 3.42. The maximum Gasteiger partial charge on any atom is 0.243 e. The normalized spacial score (nSPS) is 18.9. The molecule has 1 fully saturated rings. The van der Waals surface area contributed by atoms with Crippen molar-refractivity contribution in [1.82, 2.24) is 4.31 Å². The molecule has 2 aromatic rings. The topological polar surface area (TPSA) is 54.5 Å². The van der Waals surface area contributed by atoms with Crippen LogP contribution >= 0.6 is 0 Å². The van der Waals surface area contributed by atoms with E-state index in [1.54, 1.807) is 12.1 Å². The molecule has 25 heavy (non-hydrogen) atoms. The number of carbonyl (C=O) groups excluding carboxylic acids is 1. The standard InChI is InChI=1S/C19H20FNO3S/c1-14-4-6-15(7-5-14)19(22)16-3-2-12-21(13-16)25(23,24)18-10-8-17(20)9-11-18/h4-11,16H,2-3,12-13H2,1H3. The summed E-state index contributed by atoms with van der Waals surface area (Å²) in [6.45, 7) is 2.48. The van der Waals surface area contributed by atoms with Gasteiger partial charge in [0.1, 0.15) is 5.82 Å². The Balaban J connectivity index is 1.79. The number of ketones is 1. The Hall–Kier alpha value is -2.05. The van der Waals surface area contributed by atoms with Gasteiger partial charge in [0.05, 0.1) is 4.90 Å². The molecule has 0 spiro atoms. The largest absolute Gasteiger partial charge is 0.294 e. The summed E-state index contributed by atoms with van der Waals surface area (Å²) in [5.74, 6) is -0.865. The van der Waals surface area contributed by atoms with Crippen LogP contribution in [0, 0.1) is 18.7 Å². The summed E-state index contributed by atoms with van der Waals surface area (Å²) in [6, 6.07) is 12.1. The highest BCUT2D eigenvalue weighted by atomic mass is 32.2. The van der Waals surface area contributed by atoms with Crippen molar-refractivity contribution in [2.45, 2.75) is 24.7 Å². The number of halogens is 1. The van der Waals surface area contributed by atoms with E-state index in [0.29, 0.717) is 24.9 Å². The molecule has 0 bridgehead atoms. The van der Waals surface area contributed by atoms with Crippen LogP contribution < -0.4 is 0 Å². The number of sulfonamides is 1. The number of benzene rings is 2. The van der Waals surface area contributed by atoms with E-state index >= 15 is 0 Å². The molecule has 1 atom stereocenters. The lowest BCUT2D eigenvalue weighted by atomic mass is 9.91. The summed E-state index contributed by atoms with van der Waals surface area (Å²) in [6.07, 6.45) is 1.30. The van der Waals surface area contributed by atoms with Crippen LogP contribution in [-0.4, -0.2) is 31.6 Å². The van der Waals surface area contributed by atoms with Crippen molar-refractivity contribution in [2.24, 2.45) is 5.92 Å². The van der Waals surface area contributed by atoms with Gasteiger partial charge < -0.3 is 0 Å². The Morgan fingerprint density at radius 3 is 2.36 bits per heavy atom. The minimum atomic E-state index is -3.72. The zero-order chi connectivity index (χ0) is 18.0. The molecule has 1 heterocycles. The van der Waals surface area contributed by atoms with E-state index in [1.165, 1.54) is 16.4 Å². The SMILES string of the molecule is Cc1ccc(C(=O)C2CCCN(S(=O)(=O)c3ccc(F)cc3)C2)cc1. The molecule has 0 N–H and O–H groups in total. The minimum Gasteiger partial charge on any atom is -0.294 e. The first-order valence-electron chi connectivity index (χ1n) is 8.24. The Morgan fingerprint density at radius 1 is 1.08 bits per heavy atom. The summed E-state index contributed by atoms with van der Waals surface area (Å²) in [5, 5.41) is 0. The molecular weight excluding hydrogens is 341 g/mol. The molecule has 0 saturated carbocycles. The lowest BCUT2D eigenvalue weighted by molar-refractivity contribution is 0.0872. The Kier molecular flexibility index (Phi) is 5.01. The highest BCUT2D eigenvalue weighted by Gasteiger charge is 2.33. The Morgan fingerprint density at radius 2 is 1.72 bits per heavy atom. The molecule has 132 valence electrons. The monoisotopic (exact) mass is 361 g/mol. The lowest BCUT2D eigenvalue weighted by Gasteiger charge is -2.31. The van der Waals surface area contributed by atoms with Gasteiger partial charge in [-0.05, 0) is 44.0 Å². The van der Waals surface area contributed by atoms with Gasteiger partial charge in [-0.1, -0.05) is 29.8 Å². The maximum atomic E-state index is 13.0. The van der Waals surface area contributed by atoms with Gasteiger partial charge in [-0.15, -0.1) is 0 Å². The van der Waals surface area contributed by atoms with E-state index in [-0.39, 0.29) is 23.1 Å². The maximum absolute atomic E-state index is 13.0. The molecule has 1 aliphatic heterocycles. The highest BCUT2D eigenvalue weighted by molar-refractivity contribution is 7.89. The fourth-order valence-corrected chi connectivity index (χ4v) is 4.61. The third-order valence-corrected chi connectivity index (χ3v) is 6.42. The number of Topliss-reactive ketones (excluding diaryl/α,β-unsaturated/α-hetero) is 1. The molecule has 3 rings (SSSR count). The second-order valence-electron chi connectivity index (χ2n) is 6.39. The van der Waals surface area contributed by atoms with E-state index in [2.05, 4.69) is 0 Å². The van der Waals surface area contributed by atoms with Crippen LogP contribution in [0.25, 0.3) is 0 Å². The zero-order valence-corrected chi connectivity index (χ0v) is 14.8. The van der Waals surface area contributed by atoms with Gasteiger partial charge in [0.15, 0.2) is 5.78 Å². The fourth-order valence-electron chi connectivity index (χ4n) is 3.08. The van der Waals surface area contributed by atoms with Crippen molar-refractivity contribution in [3.05, 3.63) is 65.5 Å². The fraction of sp³-hybridized carbons (Fsp3) is 0.316. The van der Waals surface area contributed by atoms with E-state index in [4.69, 9.17) is 0 Å². The van der Waals surface area contributed by atoms with Gasteiger partial charge in [-0.2, -0.15) is 4.31 Å². The van der Waals surface area contributed by atoms with Gasteiger partial charge in [0, 0.05) is 24.6 Å². The highest BCUT2D eigenvalue weighted by Crippen LogP contribution is 2.26. The van der Waals surface area contributed by atoms with Crippen LogP contribution in [0.2, 0.25) is 0 Å². The zero-order valence-electron chi connectivity index (χ0n) is 14.0. The first-order valence-corrected chi connectivity index (χ1v) is 9.68. The minimum absolute atomic E-state index is 0.0287. The smallest absolute Gasteiger partial charge is 0.243 e. The molecule has 1 unspecified atom stereocenters. The second-order valence-corrected chi connectivity index (χ2v) is 8.32. The molecule has 1 aliphatic rings. The summed E-state index contributed by atoms with van der Waals surface area (Å²) in [7, 11) is -3.72. The number of carbonyl (C=O) groups is 1. The number of hydrogen-bond donors (Lipinski definition) is 0. The molecule has 0 amide bonds. The average Bonchev–Trinajstić information content (AvgIpc) is 2.62. The van der Waals surface area contributed by atoms with E-state index in [1.807, 2.05) is 19.1 Å². The van der Waals surface area contributed by atoms with Crippen LogP contribution in [0.15, 0.2) is 53.4 Å². The predicted molar refractivity (Wildman–Crippen MR) is 93.4 cm³/mol. The quantitative estimate of drug-likeness (QED) is 0.784. The van der Waals surface area contributed by atoms with Crippen molar-refractivity contribution in [3.8, 4) is 0 Å². The van der Waals surface area contributed by atoms with Crippen molar-refractivity contribution < 1.29 is 17.6 Å². The molecule has 2 aromatic carbocycles. The molecular formula is C19H20FNO3S. The number of piperidine rings is 1. The molecule has 6 heteroatoms. The Labute approximate surface area is 147 Å². The van der Waals surface area contributed by atoms with Gasteiger partial charge in [-0.3, -0.25) is 4.79 Å². The van der Waals surface area contributed by atoms with Crippen molar-refractivity contribution in [1.29, 1.82) is 0 Å². The number of nitrogens with zero attached hydrogens (tertiary/aromatic N) is 1. The number of aryl methyl sites for hydroxylation is 1. The summed E-state index contributed by atoms with van der Waals surface area (Å²) in [5.41, 5.74) is 1.68. The third-order valence-electron chi connectivity index (χ3n) is 4.54. The van der Waals surface area contributed by atoms with Crippen molar-refractivity contribution in [2.75, 3.05) is 13.1 Å². The number of rotatable bonds is 4. The number of hydrogen-bond acceptors (Lipinski definition) is 3. The molecule has 4 nitrogen and oxygen atoms in total. The average molecular weight is 361 g/mol. The molecule has 1 saturated heterocycles. The van der Waals surface area contributed by atoms with Crippen LogP contribution in [0.1, 0.15) is 28.8 Å². The van der Waals surface area contributed by atoms with Crippen LogP contribution in [0.5, 0.6) is 0 Å². The van der Waals surface area contributed by atoms with Gasteiger partial charge in [0.2, 0.25) is 10.0 Å². The van der Waals surface area contributed by atoms with Gasteiger partial charge >= 0.3 is 0 Å². The molecule has 0 aromatic heterocycles. The van der Waals surface area contributed by atoms with E-state index < -0.39 is 15.8 Å². The first-order chi connectivity index (χ1) is 11.9. The summed E-state index contributed by atoms with van der Waals surface area (Å²) in [4.78, 5) is 12.7. The lowest BCUT2D eigenvalue weighted by Crippen LogP contribution is -2.42. The molecule has 0 aliphatic carbocycles. The van der Waals surface area contributed by atoms with Crippen LogP contribution in [-0.2, 0) is 10.0 Å². The molecule has 0 radical (unpaired) electrons. The summed E-state index contributed by atoms with van der Waals surface area (Å²) < 4.78 is 39.9. The van der Waals surface area contributed by atoms with Crippen molar-refractivity contribution in [3.63, 3.8) is 0 Å². The summed E-state index contributed by atoms with van der Waals surface area (Å²) >= 11 is 0. The van der Waals surface area contributed by atoms with Gasteiger partial charge in [0.25, 0.3) is 0 Å². The van der Waals surface area contributed by atoms with Crippen LogP contribution in [0.3, 0.4) is 0 Å². The van der Waals surface area contributed by atoms with Crippen molar-refractivity contribution >= 4 is 15.8 Å². The first kappa shape index (κ1) is 17.8. The van der Waals surface area contributed by atoms with Crippen LogP contribution in [0.4, 0.5) is 4.39 Å². The van der Waals surface area contributed by atoms with Gasteiger partial charge in [-0.25, -0.2) is 12.8 Å².